The SMILES string of the molecule is CN(C)c1cncc(-c2cc(F)c3[nH]nc(-c4nc5c(-c6cccnc6)nccc5[nH]4)c3c2)c1. The first-order chi connectivity index (χ1) is 16.6. The second kappa shape index (κ2) is 7.73. The van der Waals surface area contributed by atoms with Crippen molar-refractivity contribution < 1.29 is 4.39 Å². The molecule has 1 aromatic carbocycles. The third kappa shape index (κ3) is 3.25. The molecule has 0 amide bonds. The van der Waals surface area contributed by atoms with Gasteiger partial charge in [-0.25, -0.2) is 9.37 Å². The molecule has 0 saturated carbocycles. The number of imidazole rings is 1. The summed E-state index contributed by atoms with van der Waals surface area (Å²) in [6.07, 6.45) is 8.67. The Kier molecular flexibility index (Phi) is 4.54. The van der Waals surface area contributed by atoms with Crippen LogP contribution in [0.4, 0.5) is 10.1 Å². The van der Waals surface area contributed by atoms with Crippen molar-refractivity contribution in [3.63, 3.8) is 0 Å². The van der Waals surface area contributed by atoms with Gasteiger partial charge in [-0.15, -0.1) is 0 Å². The molecule has 0 radical (unpaired) electrons. The predicted molar refractivity (Wildman–Crippen MR) is 130 cm³/mol. The van der Waals surface area contributed by atoms with Gasteiger partial charge in [-0.1, -0.05) is 0 Å². The Morgan fingerprint density at radius 3 is 2.59 bits per heavy atom. The van der Waals surface area contributed by atoms with E-state index in [0.29, 0.717) is 39.2 Å². The molecule has 0 aliphatic carbocycles. The summed E-state index contributed by atoms with van der Waals surface area (Å²) in [4.78, 5) is 23.0. The Labute approximate surface area is 193 Å². The summed E-state index contributed by atoms with van der Waals surface area (Å²) in [5.41, 5.74) is 6.37. The van der Waals surface area contributed by atoms with Crippen LogP contribution in [0.5, 0.6) is 0 Å². The topological polar surface area (TPSA) is 99.3 Å². The van der Waals surface area contributed by atoms with Gasteiger partial charge in [-0.05, 0) is 42.0 Å². The number of halogens is 1. The quantitative estimate of drug-likeness (QED) is 0.399. The summed E-state index contributed by atoms with van der Waals surface area (Å²) in [5, 5.41) is 7.83. The van der Waals surface area contributed by atoms with Crippen LogP contribution >= 0.6 is 0 Å². The van der Waals surface area contributed by atoms with Crippen LogP contribution in [0.15, 0.2) is 67.4 Å². The van der Waals surface area contributed by atoms with Gasteiger partial charge < -0.3 is 9.88 Å². The lowest BCUT2D eigenvalue weighted by Gasteiger charge is -2.13. The van der Waals surface area contributed by atoms with Crippen molar-refractivity contribution >= 4 is 27.6 Å². The minimum Gasteiger partial charge on any atom is -0.376 e. The highest BCUT2D eigenvalue weighted by atomic mass is 19.1. The zero-order valence-corrected chi connectivity index (χ0v) is 18.4. The first-order valence-corrected chi connectivity index (χ1v) is 10.6. The Bertz CT molecular complexity index is 1650. The second-order valence-corrected chi connectivity index (χ2v) is 8.16. The number of nitrogens with zero attached hydrogens (tertiary/aromatic N) is 6. The second-order valence-electron chi connectivity index (χ2n) is 8.16. The van der Waals surface area contributed by atoms with Gasteiger partial charge in [0, 0.05) is 55.4 Å². The van der Waals surface area contributed by atoms with Crippen molar-refractivity contribution in [1.82, 2.24) is 35.1 Å². The zero-order valence-electron chi connectivity index (χ0n) is 18.4. The van der Waals surface area contributed by atoms with Gasteiger partial charge in [0.2, 0.25) is 0 Å². The molecule has 5 aromatic heterocycles. The first kappa shape index (κ1) is 20.0. The zero-order chi connectivity index (χ0) is 23.2. The van der Waals surface area contributed by atoms with Crippen molar-refractivity contribution in [2.24, 2.45) is 0 Å². The number of fused-ring (bicyclic) bond motifs is 2. The highest BCUT2D eigenvalue weighted by Gasteiger charge is 2.18. The van der Waals surface area contributed by atoms with Gasteiger partial charge in [-0.2, -0.15) is 5.10 Å². The lowest BCUT2D eigenvalue weighted by atomic mass is 10.0. The minimum atomic E-state index is -0.393. The Balaban J connectivity index is 1.51. The molecule has 2 N–H and O–H groups in total. The normalized spacial score (nSPS) is 11.4. The van der Waals surface area contributed by atoms with Crippen molar-refractivity contribution in [1.29, 1.82) is 0 Å². The van der Waals surface area contributed by atoms with Gasteiger partial charge >= 0.3 is 0 Å². The average molecular weight is 450 g/mol. The Hall–Kier alpha value is -4.66. The summed E-state index contributed by atoms with van der Waals surface area (Å²) < 4.78 is 15.1. The number of aromatic amines is 2. The van der Waals surface area contributed by atoms with Crippen molar-refractivity contribution in [2.45, 2.75) is 0 Å². The van der Waals surface area contributed by atoms with E-state index in [1.165, 1.54) is 6.07 Å². The maximum absolute atomic E-state index is 15.1. The van der Waals surface area contributed by atoms with Crippen molar-refractivity contribution in [2.75, 3.05) is 19.0 Å². The Morgan fingerprint density at radius 2 is 1.76 bits per heavy atom. The minimum absolute atomic E-state index is 0.321. The number of H-pyrrole nitrogens is 2. The van der Waals surface area contributed by atoms with Crippen LogP contribution in [0.25, 0.3) is 55.8 Å². The molecule has 9 heteroatoms. The van der Waals surface area contributed by atoms with Crippen LogP contribution in [0, 0.1) is 5.82 Å². The number of aromatic nitrogens is 7. The molecule has 0 bridgehead atoms. The highest BCUT2D eigenvalue weighted by Crippen LogP contribution is 2.34. The van der Waals surface area contributed by atoms with Crippen molar-refractivity contribution in [3.8, 4) is 33.9 Å². The standard InChI is InChI=1S/C25H19FN8/c1-34(2)17-8-16(12-28-13-17)15-9-18-22(19(26)10-15)32-33-23(18)25-30-20-5-7-29-21(24(20)31-25)14-4-3-6-27-11-14/h3-13H,1-2H3,(H,30,31)(H,32,33). The molecular weight excluding hydrogens is 431 g/mol. The third-order valence-electron chi connectivity index (χ3n) is 5.76. The first-order valence-electron chi connectivity index (χ1n) is 10.6. The molecule has 5 heterocycles. The molecule has 0 aliphatic rings. The number of hydrogen-bond acceptors (Lipinski definition) is 6. The van der Waals surface area contributed by atoms with E-state index in [1.54, 1.807) is 31.0 Å². The van der Waals surface area contributed by atoms with Crippen LogP contribution in [-0.4, -0.2) is 49.2 Å². The molecular formula is C25H19FN8. The van der Waals surface area contributed by atoms with E-state index >= 15 is 4.39 Å². The fourth-order valence-electron chi connectivity index (χ4n) is 4.02. The van der Waals surface area contributed by atoms with E-state index in [4.69, 9.17) is 4.98 Å². The molecule has 6 aromatic rings. The number of pyridine rings is 3. The Morgan fingerprint density at radius 1 is 0.882 bits per heavy atom. The van der Waals surface area contributed by atoms with Crippen LogP contribution in [0.2, 0.25) is 0 Å². The lowest BCUT2D eigenvalue weighted by molar-refractivity contribution is 0.636. The van der Waals surface area contributed by atoms with Gasteiger partial charge in [0.15, 0.2) is 5.82 Å². The predicted octanol–water partition coefficient (Wildman–Crippen LogP) is 4.83. The molecule has 34 heavy (non-hydrogen) atoms. The van der Waals surface area contributed by atoms with E-state index in [0.717, 1.165) is 22.3 Å². The fourth-order valence-corrected chi connectivity index (χ4v) is 4.02. The number of anilines is 1. The summed E-state index contributed by atoms with van der Waals surface area (Å²) in [7, 11) is 3.88. The van der Waals surface area contributed by atoms with Crippen LogP contribution in [0.3, 0.4) is 0 Å². The third-order valence-corrected chi connectivity index (χ3v) is 5.76. The van der Waals surface area contributed by atoms with E-state index in [-0.39, 0.29) is 0 Å². The van der Waals surface area contributed by atoms with Gasteiger partial charge in [0.1, 0.15) is 22.5 Å². The molecule has 0 unspecified atom stereocenters. The van der Waals surface area contributed by atoms with Crippen LogP contribution < -0.4 is 4.90 Å². The molecule has 8 nitrogen and oxygen atoms in total. The van der Waals surface area contributed by atoms with E-state index in [9.17, 15) is 0 Å². The summed E-state index contributed by atoms with van der Waals surface area (Å²) >= 11 is 0. The molecule has 0 saturated heterocycles. The molecule has 0 atom stereocenters. The molecule has 6 rings (SSSR count). The summed E-state index contributed by atoms with van der Waals surface area (Å²) in [6, 6.07) is 11.0. The van der Waals surface area contributed by atoms with Gasteiger partial charge in [-0.3, -0.25) is 20.1 Å². The molecule has 0 aliphatic heterocycles. The van der Waals surface area contributed by atoms with Crippen molar-refractivity contribution in [3.05, 3.63) is 73.2 Å². The highest BCUT2D eigenvalue weighted by molar-refractivity contribution is 5.97. The molecule has 166 valence electrons. The van der Waals surface area contributed by atoms with E-state index in [2.05, 4.69) is 30.1 Å². The number of hydrogen-bond donors (Lipinski definition) is 2. The monoisotopic (exact) mass is 450 g/mol. The summed E-state index contributed by atoms with van der Waals surface area (Å²) in [5.74, 6) is 0.131. The number of rotatable bonds is 4. The maximum Gasteiger partial charge on any atom is 0.159 e. The number of nitrogens with one attached hydrogen (secondary N) is 2. The number of benzene rings is 1. The molecule has 0 fully saturated rings. The lowest BCUT2D eigenvalue weighted by Crippen LogP contribution is -2.08. The molecule has 0 spiro atoms. The van der Waals surface area contributed by atoms with Gasteiger partial charge in [0.25, 0.3) is 0 Å². The summed E-state index contributed by atoms with van der Waals surface area (Å²) in [6.45, 7) is 0. The largest absolute Gasteiger partial charge is 0.376 e. The average Bonchev–Trinajstić information content (AvgIpc) is 3.49. The fraction of sp³-hybridized carbons (Fsp3) is 0.0800. The van der Waals surface area contributed by atoms with E-state index < -0.39 is 5.82 Å². The van der Waals surface area contributed by atoms with Crippen LogP contribution in [-0.2, 0) is 0 Å². The van der Waals surface area contributed by atoms with E-state index in [1.807, 2.05) is 49.3 Å². The van der Waals surface area contributed by atoms with Crippen LogP contribution in [0.1, 0.15) is 0 Å². The maximum atomic E-state index is 15.1. The van der Waals surface area contributed by atoms with Gasteiger partial charge in [0.05, 0.1) is 23.1 Å². The smallest absolute Gasteiger partial charge is 0.159 e.